The van der Waals surface area contributed by atoms with Crippen LogP contribution in [0.3, 0.4) is 0 Å². The smallest absolute Gasteiger partial charge is 0.148 e. The van der Waals surface area contributed by atoms with Crippen molar-refractivity contribution in [3.63, 3.8) is 0 Å². The lowest BCUT2D eigenvalue weighted by molar-refractivity contribution is 0.289. The number of imidazole rings is 1. The van der Waals surface area contributed by atoms with E-state index < -0.39 is 0 Å². The van der Waals surface area contributed by atoms with Crippen LogP contribution in [-0.4, -0.2) is 9.55 Å². The standard InChI is InChI=1S/C23H21ClN2O/c1-16-8-11-22(17(2)12-16)27-15-23-25-20-13-19(24)9-10-21(20)26(23)14-18-6-4-3-5-7-18/h3-13H,14-15H2,1-2H3. The Kier molecular flexibility index (Phi) is 4.87. The molecular weight excluding hydrogens is 356 g/mol. The van der Waals surface area contributed by atoms with Gasteiger partial charge in [-0.25, -0.2) is 4.98 Å². The van der Waals surface area contributed by atoms with E-state index in [4.69, 9.17) is 21.3 Å². The molecule has 0 radical (unpaired) electrons. The van der Waals surface area contributed by atoms with Crippen molar-refractivity contribution < 1.29 is 4.74 Å². The van der Waals surface area contributed by atoms with E-state index in [1.807, 2.05) is 30.3 Å². The van der Waals surface area contributed by atoms with Crippen LogP contribution in [0.4, 0.5) is 0 Å². The zero-order valence-corrected chi connectivity index (χ0v) is 16.2. The second-order valence-electron chi connectivity index (χ2n) is 6.79. The number of aromatic nitrogens is 2. The van der Waals surface area contributed by atoms with Gasteiger partial charge in [0.15, 0.2) is 0 Å². The van der Waals surface area contributed by atoms with Gasteiger partial charge >= 0.3 is 0 Å². The lowest BCUT2D eigenvalue weighted by Gasteiger charge is -2.12. The zero-order chi connectivity index (χ0) is 18.8. The average Bonchev–Trinajstić information content (AvgIpc) is 2.98. The van der Waals surface area contributed by atoms with Crippen LogP contribution < -0.4 is 4.74 Å². The molecule has 136 valence electrons. The molecule has 0 spiro atoms. The number of hydrogen-bond donors (Lipinski definition) is 0. The molecule has 0 fully saturated rings. The summed E-state index contributed by atoms with van der Waals surface area (Å²) < 4.78 is 8.30. The Morgan fingerprint density at radius 2 is 1.78 bits per heavy atom. The van der Waals surface area contributed by atoms with E-state index in [9.17, 15) is 0 Å². The average molecular weight is 377 g/mol. The monoisotopic (exact) mass is 376 g/mol. The molecule has 0 aliphatic rings. The molecule has 0 aliphatic heterocycles. The molecule has 27 heavy (non-hydrogen) atoms. The fourth-order valence-electron chi connectivity index (χ4n) is 3.31. The maximum absolute atomic E-state index is 6.17. The van der Waals surface area contributed by atoms with Gasteiger partial charge in [0.2, 0.25) is 0 Å². The van der Waals surface area contributed by atoms with Crippen molar-refractivity contribution in [2.75, 3.05) is 0 Å². The molecule has 0 saturated carbocycles. The fraction of sp³-hybridized carbons (Fsp3) is 0.174. The van der Waals surface area contributed by atoms with Gasteiger partial charge in [-0.1, -0.05) is 59.6 Å². The van der Waals surface area contributed by atoms with E-state index in [1.165, 1.54) is 11.1 Å². The van der Waals surface area contributed by atoms with Gasteiger partial charge in [-0.3, -0.25) is 0 Å². The first-order valence-corrected chi connectivity index (χ1v) is 9.36. The van der Waals surface area contributed by atoms with Crippen LogP contribution >= 0.6 is 11.6 Å². The molecule has 0 bridgehead atoms. The highest BCUT2D eigenvalue weighted by Crippen LogP contribution is 2.24. The number of aryl methyl sites for hydroxylation is 2. The normalized spacial score (nSPS) is 11.1. The zero-order valence-electron chi connectivity index (χ0n) is 15.4. The van der Waals surface area contributed by atoms with Gasteiger partial charge in [0.25, 0.3) is 0 Å². The first kappa shape index (κ1) is 17.6. The molecule has 0 N–H and O–H groups in total. The van der Waals surface area contributed by atoms with Crippen LogP contribution in [0, 0.1) is 13.8 Å². The van der Waals surface area contributed by atoms with Crippen molar-refractivity contribution in [1.29, 1.82) is 0 Å². The lowest BCUT2D eigenvalue weighted by atomic mass is 10.1. The SMILES string of the molecule is Cc1ccc(OCc2nc3cc(Cl)ccc3n2Cc2ccccc2)c(C)c1. The maximum atomic E-state index is 6.17. The summed E-state index contributed by atoms with van der Waals surface area (Å²) >= 11 is 6.17. The highest BCUT2D eigenvalue weighted by atomic mass is 35.5. The van der Waals surface area contributed by atoms with Crippen LogP contribution in [0.25, 0.3) is 11.0 Å². The summed E-state index contributed by atoms with van der Waals surface area (Å²) in [6.45, 7) is 5.29. The highest BCUT2D eigenvalue weighted by molar-refractivity contribution is 6.31. The number of benzene rings is 3. The second-order valence-corrected chi connectivity index (χ2v) is 7.23. The van der Waals surface area contributed by atoms with Gasteiger partial charge in [0, 0.05) is 11.6 Å². The molecule has 0 unspecified atom stereocenters. The van der Waals surface area contributed by atoms with E-state index >= 15 is 0 Å². The lowest BCUT2D eigenvalue weighted by Crippen LogP contribution is -2.08. The molecule has 1 aromatic heterocycles. The first-order chi connectivity index (χ1) is 13.1. The van der Waals surface area contributed by atoms with Crippen molar-refractivity contribution in [2.45, 2.75) is 27.0 Å². The molecule has 3 nitrogen and oxygen atoms in total. The van der Waals surface area contributed by atoms with Crippen LogP contribution in [-0.2, 0) is 13.2 Å². The maximum Gasteiger partial charge on any atom is 0.148 e. The van der Waals surface area contributed by atoms with Gasteiger partial charge in [-0.2, -0.15) is 0 Å². The van der Waals surface area contributed by atoms with Gasteiger partial charge in [0.05, 0.1) is 11.0 Å². The van der Waals surface area contributed by atoms with Gasteiger partial charge in [-0.15, -0.1) is 0 Å². The Morgan fingerprint density at radius 1 is 0.963 bits per heavy atom. The summed E-state index contributed by atoms with van der Waals surface area (Å²) in [5.74, 6) is 1.77. The van der Waals surface area contributed by atoms with Crippen molar-refractivity contribution >= 4 is 22.6 Å². The number of rotatable bonds is 5. The third kappa shape index (κ3) is 3.83. The molecule has 4 aromatic rings. The molecule has 0 atom stereocenters. The molecule has 3 aromatic carbocycles. The third-order valence-corrected chi connectivity index (χ3v) is 4.90. The molecule has 0 aliphatic carbocycles. The summed E-state index contributed by atoms with van der Waals surface area (Å²) in [6, 6.07) is 22.4. The Labute approximate surface area is 164 Å². The minimum Gasteiger partial charge on any atom is -0.485 e. The largest absolute Gasteiger partial charge is 0.485 e. The highest BCUT2D eigenvalue weighted by Gasteiger charge is 2.13. The van der Waals surface area contributed by atoms with Gasteiger partial charge in [-0.05, 0) is 49.2 Å². The Hall–Kier alpha value is -2.78. The minimum atomic E-state index is 0.406. The topological polar surface area (TPSA) is 27.1 Å². The molecule has 1 heterocycles. The molecule has 4 heteroatoms. The molecule has 4 rings (SSSR count). The number of ether oxygens (including phenoxy) is 1. The predicted octanol–water partition coefficient (Wildman–Crippen LogP) is 5.93. The number of halogens is 1. The Bertz CT molecular complexity index is 1090. The van der Waals surface area contributed by atoms with E-state index in [-0.39, 0.29) is 0 Å². The van der Waals surface area contributed by atoms with Crippen molar-refractivity contribution in [3.8, 4) is 5.75 Å². The predicted molar refractivity (Wildman–Crippen MR) is 111 cm³/mol. The summed E-state index contributed by atoms with van der Waals surface area (Å²) in [5.41, 5.74) is 5.52. The van der Waals surface area contributed by atoms with E-state index in [2.05, 4.69) is 54.8 Å². The van der Waals surface area contributed by atoms with E-state index in [0.717, 1.165) is 34.7 Å². The molecular formula is C23H21ClN2O. The van der Waals surface area contributed by atoms with Crippen molar-refractivity contribution in [1.82, 2.24) is 9.55 Å². The van der Waals surface area contributed by atoms with Gasteiger partial charge < -0.3 is 9.30 Å². The molecule has 0 saturated heterocycles. The number of nitrogens with zero attached hydrogens (tertiary/aromatic N) is 2. The molecule has 0 amide bonds. The Balaban J connectivity index is 1.69. The first-order valence-electron chi connectivity index (χ1n) is 8.99. The number of hydrogen-bond acceptors (Lipinski definition) is 2. The summed E-state index contributed by atoms with van der Waals surface area (Å²) in [6.07, 6.45) is 0. The van der Waals surface area contributed by atoms with Crippen molar-refractivity contribution in [2.24, 2.45) is 0 Å². The summed E-state index contributed by atoms with van der Waals surface area (Å²) in [4.78, 5) is 4.79. The van der Waals surface area contributed by atoms with Crippen LogP contribution in [0.5, 0.6) is 5.75 Å². The summed E-state index contributed by atoms with van der Waals surface area (Å²) in [5, 5.41) is 0.689. The van der Waals surface area contributed by atoms with E-state index in [0.29, 0.717) is 11.6 Å². The van der Waals surface area contributed by atoms with Crippen molar-refractivity contribution in [3.05, 3.63) is 94.3 Å². The second kappa shape index (κ2) is 7.45. The van der Waals surface area contributed by atoms with Crippen LogP contribution in [0.1, 0.15) is 22.5 Å². The minimum absolute atomic E-state index is 0.406. The summed E-state index contributed by atoms with van der Waals surface area (Å²) in [7, 11) is 0. The Morgan fingerprint density at radius 3 is 2.56 bits per heavy atom. The van der Waals surface area contributed by atoms with Crippen LogP contribution in [0.2, 0.25) is 5.02 Å². The van der Waals surface area contributed by atoms with E-state index in [1.54, 1.807) is 0 Å². The third-order valence-electron chi connectivity index (χ3n) is 4.66. The quantitative estimate of drug-likeness (QED) is 0.431. The van der Waals surface area contributed by atoms with Gasteiger partial charge in [0.1, 0.15) is 18.2 Å². The van der Waals surface area contributed by atoms with Crippen LogP contribution in [0.15, 0.2) is 66.7 Å². The number of fused-ring (bicyclic) bond motifs is 1. The fourth-order valence-corrected chi connectivity index (χ4v) is 3.48.